The van der Waals surface area contributed by atoms with E-state index < -0.39 is 5.56 Å². The van der Waals surface area contributed by atoms with Crippen LogP contribution < -0.4 is 10.9 Å². The maximum Gasteiger partial charge on any atom is 0.293 e. The van der Waals surface area contributed by atoms with Crippen molar-refractivity contribution in [3.63, 3.8) is 0 Å². The third kappa shape index (κ3) is 8.03. The van der Waals surface area contributed by atoms with Gasteiger partial charge in [-0.05, 0) is 47.7 Å². The van der Waals surface area contributed by atoms with Crippen molar-refractivity contribution in [3.05, 3.63) is 93.2 Å². The number of H-pyrrole nitrogens is 1. The van der Waals surface area contributed by atoms with Crippen molar-refractivity contribution in [1.29, 1.82) is 10.5 Å². The normalized spacial score (nSPS) is 13.9. The molecule has 1 aliphatic rings. The summed E-state index contributed by atoms with van der Waals surface area (Å²) in [5, 5.41) is 31.0. The monoisotopic (exact) mass is 520 g/mol. The standard InChI is InChI=1S/C31H32N6O2/c32-14-1-16-34-19-28(18-29-30(38)31(39)36-22-35-29)27-10-8-24(9-11-27)3-2-23-4-6-25(7-5-23)13-17-37-20-26(21-37)12-15-33/h4-11,22,26,28,34,38H,1,12-13,16-21H2,(H,35,36,39). The molecule has 0 bridgehead atoms. The quantitative estimate of drug-likeness (QED) is 0.262. The molecule has 1 aliphatic heterocycles. The molecule has 0 amide bonds. The van der Waals surface area contributed by atoms with Gasteiger partial charge in [0.1, 0.15) is 0 Å². The summed E-state index contributed by atoms with van der Waals surface area (Å²) in [5.41, 5.74) is 3.93. The molecule has 0 saturated carbocycles. The van der Waals surface area contributed by atoms with E-state index in [2.05, 4.69) is 68.4 Å². The van der Waals surface area contributed by atoms with Gasteiger partial charge in [0.05, 0.1) is 24.2 Å². The second-order valence-electron chi connectivity index (χ2n) is 9.85. The molecule has 1 atom stereocenters. The van der Waals surface area contributed by atoms with Crippen molar-refractivity contribution >= 4 is 0 Å². The van der Waals surface area contributed by atoms with E-state index in [4.69, 9.17) is 10.5 Å². The summed E-state index contributed by atoms with van der Waals surface area (Å²) in [6, 6.07) is 20.7. The number of hydrogen-bond donors (Lipinski definition) is 3. The molecule has 1 saturated heterocycles. The minimum Gasteiger partial charge on any atom is -0.502 e. The summed E-state index contributed by atoms with van der Waals surface area (Å²) in [7, 11) is 0. The van der Waals surface area contributed by atoms with Crippen LogP contribution in [0.25, 0.3) is 0 Å². The molecule has 1 aromatic heterocycles. The first-order valence-corrected chi connectivity index (χ1v) is 13.2. The van der Waals surface area contributed by atoms with Crippen molar-refractivity contribution < 1.29 is 5.11 Å². The van der Waals surface area contributed by atoms with Crippen LogP contribution in [0.2, 0.25) is 0 Å². The smallest absolute Gasteiger partial charge is 0.293 e. The Morgan fingerprint density at radius 1 is 1.05 bits per heavy atom. The summed E-state index contributed by atoms with van der Waals surface area (Å²) in [6.07, 6.45) is 3.73. The lowest BCUT2D eigenvalue weighted by Crippen LogP contribution is -2.47. The van der Waals surface area contributed by atoms with Gasteiger partial charge in [0.15, 0.2) is 0 Å². The molecule has 0 aliphatic carbocycles. The fraction of sp³-hybridized carbons (Fsp3) is 0.355. The van der Waals surface area contributed by atoms with Crippen LogP contribution in [-0.2, 0) is 12.8 Å². The van der Waals surface area contributed by atoms with Crippen LogP contribution in [0, 0.1) is 40.4 Å². The first kappa shape index (κ1) is 27.6. The topological polar surface area (TPSA) is 129 Å². The van der Waals surface area contributed by atoms with E-state index >= 15 is 0 Å². The van der Waals surface area contributed by atoms with Crippen LogP contribution in [0.3, 0.4) is 0 Å². The van der Waals surface area contributed by atoms with Crippen LogP contribution in [-0.4, -0.2) is 52.7 Å². The van der Waals surface area contributed by atoms with Gasteiger partial charge in [-0.3, -0.25) is 4.79 Å². The van der Waals surface area contributed by atoms with Gasteiger partial charge in [-0.1, -0.05) is 36.1 Å². The molecule has 8 heteroatoms. The van der Waals surface area contributed by atoms with Crippen molar-refractivity contribution in [3.8, 4) is 29.7 Å². The van der Waals surface area contributed by atoms with Crippen molar-refractivity contribution in [2.75, 3.05) is 32.7 Å². The molecule has 8 nitrogen and oxygen atoms in total. The van der Waals surface area contributed by atoms with Crippen LogP contribution in [0.5, 0.6) is 5.75 Å². The SMILES string of the molecule is N#CCCNCC(Cc1nc[nH]c(=O)c1O)c1ccc(C#Cc2ccc(CCN3CC(CC#N)C3)cc2)cc1. The van der Waals surface area contributed by atoms with Crippen molar-refractivity contribution in [2.24, 2.45) is 5.92 Å². The Hall–Kier alpha value is -4.42. The Labute approximate surface area is 229 Å². The highest BCUT2D eigenvalue weighted by Gasteiger charge is 2.25. The molecular formula is C31H32N6O2. The summed E-state index contributed by atoms with van der Waals surface area (Å²) in [4.78, 5) is 20.7. The van der Waals surface area contributed by atoms with E-state index in [1.54, 1.807) is 0 Å². The predicted molar refractivity (Wildman–Crippen MR) is 149 cm³/mol. The predicted octanol–water partition coefficient (Wildman–Crippen LogP) is 3.09. The maximum atomic E-state index is 11.8. The lowest BCUT2D eigenvalue weighted by Gasteiger charge is -2.38. The van der Waals surface area contributed by atoms with Gasteiger partial charge < -0.3 is 20.3 Å². The molecule has 2 aromatic carbocycles. The molecule has 0 radical (unpaired) electrons. The molecular weight excluding hydrogens is 488 g/mol. The third-order valence-electron chi connectivity index (χ3n) is 6.97. The van der Waals surface area contributed by atoms with E-state index in [1.807, 2.05) is 24.3 Å². The Kier molecular flexibility index (Phi) is 9.86. The first-order valence-electron chi connectivity index (χ1n) is 13.2. The Morgan fingerprint density at radius 3 is 2.41 bits per heavy atom. The van der Waals surface area contributed by atoms with E-state index in [0.29, 0.717) is 44.0 Å². The lowest BCUT2D eigenvalue weighted by molar-refractivity contribution is 0.105. The van der Waals surface area contributed by atoms with Crippen molar-refractivity contribution in [2.45, 2.75) is 31.6 Å². The number of aromatic amines is 1. The van der Waals surface area contributed by atoms with E-state index in [-0.39, 0.29) is 11.7 Å². The van der Waals surface area contributed by atoms with Gasteiger partial charge in [-0.15, -0.1) is 0 Å². The Morgan fingerprint density at radius 2 is 1.74 bits per heavy atom. The first-order chi connectivity index (χ1) is 19.1. The number of hydrogen-bond acceptors (Lipinski definition) is 7. The van der Waals surface area contributed by atoms with E-state index in [0.717, 1.165) is 42.7 Å². The van der Waals surface area contributed by atoms with Crippen LogP contribution in [0.1, 0.15) is 46.7 Å². The third-order valence-corrected chi connectivity index (χ3v) is 6.97. The van der Waals surface area contributed by atoms with Gasteiger partial charge in [-0.25, -0.2) is 4.98 Å². The average molecular weight is 521 g/mol. The second-order valence-corrected chi connectivity index (χ2v) is 9.85. The summed E-state index contributed by atoms with van der Waals surface area (Å²) < 4.78 is 0. The number of nitrogens with zero attached hydrogens (tertiary/aromatic N) is 4. The molecule has 198 valence electrons. The van der Waals surface area contributed by atoms with Gasteiger partial charge in [0, 0.05) is 69.0 Å². The van der Waals surface area contributed by atoms with Gasteiger partial charge in [0.2, 0.25) is 5.75 Å². The molecule has 1 unspecified atom stereocenters. The number of aromatic nitrogens is 2. The van der Waals surface area contributed by atoms with Gasteiger partial charge in [0.25, 0.3) is 5.56 Å². The van der Waals surface area contributed by atoms with Crippen LogP contribution in [0.4, 0.5) is 0 Å². The summed E-state index contributed by atoms with van der Waals surface area (Å²) >= 11 is 0. The second kappa shape index (κ2) is 13.9. The van der Waals surface area contributed by atoms with Gasteiger partial charge in [-0.2, -0.15) is 10.5 Å². The van der Waals surface area contributed by atoms with Crippen molar-refractivity contribution in [1.82, 2.24) is 20.2 Å². The van der Waals surface area contributed by atoms with Gasteiger partial charge >= 0.3 is 0 Å². The largest absolute Gasteiger partial charge is 0.502 e. The van der Waals surface area contributed by atoms with Crippen LogP contribution >= 0.6 is 0 Å². The fourth-order valence-electron chi connectivity index (χ4n) is 4.68. The molecule has 0 spiro atoms. The van der Waals surface area contributed by atoms with E-state index in [9.17, 15) is 9.90 Å². The zero-order valence-electron chi connectivity index (χ0n) is 21.9. The highest BCUT2D eigenvalue weighted by Crippen LogP contribution is 2.23. The highest BCUT2D eigenvalue weighted by molar-refractivity contribution is 5.44. The minimum absolute atomic E-state index is 0.0491. The number of nitrogens with one attached hydrogen (secondary N) is 2. The summed E-state index contributed by atoms with van der Waals surface area (Å²) in [6.45, 7) is 4.21. The molecule has 3 aromatic rings. The summed E-state index contributed by atoms with van der Waals surface area (Å²) in [5.74, 6) is 6.58. The Balaban J connectivity index is 1.36. The Bertz CT molecular complexity index is 1430. The number of benzene rings is 2. The number of likely N-dealkylation sites (tertiary alicyclic amines) is 1. The van der Waals surface area contributed by atoms with E-state index in [1.165, 1.54) is 11.9 Å². The zero-order valence-corrected chi connectivity index (χ0v) is 21.9. The minimum atomic E-state index is -0.559. The lowest BCUT2D eigenvalue weighted by atomic mass is 9.93. The highest BCUT2D eigenvalue weighted by atomic mass is 16.3. The fourth-order valence-corrected chi connectivity index (χ4v) is 4.68. The molecule has 2 heterocycles. The number of aromatic hydroxyl groups is 1. The molecule has 3 N–H and O–H groups in total. The zero-order chi connectivity index (χ0) is 27.5. The average Bonchev–Trinajstić information content (AvgIpc) is 2.93. The maximum absolute atomic E-state index is 11.8. The number of nitriles is 2. The molecule has 4 rings (SSSR count). The molecule has 1 fully saturated rings. The number of rotatable bonds is 11. The van der Waals surface area contributed by atoms with Crippen LogP contribution in [0.15, 0.2) is 59.7 Å². The molecule has 39 heavy (non-hydrogen) atoms.